The van der Waals surface area contributed by atoms with Crippen molar-refractivity contribution in [2.45, 2.75) is 40.0 Å². The Bertz CT molecular complexity index is 686. The van der Waals surface area contributed by atoms with Gasteiger partial charge in [0.1, 0.15) is 0 Å². The first kappa shape index (κ1) is 18.9. The minimum Gasteiger partial charge on any atom is -0.337 e. The van der Waals surface area contributed by atoms with E-state index in [9.17, 15) is 13.2 Å². The topological polar surface area (TPSA) is 57.7 Å². The predicted molar refractivity (Wildman–Crippen MR) is 96.7 cm³/mol. The van der Waals surface area contributed by atoms with E-state index in [1.165, 1.54) is 0 Å². The molecule has 0 atom stereocenters. The number of amides is 1. The van der Waals surface area contributed by atoms with Crippen molar-refractivity contribution in [1.29, 1.82) is 0 Å². The van der Waals surface area contributed by atoms with Crippen molar-refractivity contribution in [1.82, 2.24) is 9.21 Å². The highest BCUT2D eigenvalue weighted by Crippen LogP contribution is 2.15. The van der Waals surface area contributed by atoms with Crippen LogP contribution in [0.15, 0.2) is 18.2 Å². The van der Waals surface area contributed by atoms with E-state index >= 15 is 0 Å². The summed E-state index contributed by atoms with van der Waals surface area (Å²) >= 11 is 0. The lowest BCUT2D eigenvalue weighted by Crippen LogP contribution is -2.38. The van der Waals surface area contributed by atoms with Gasteiger partial charge >= 0.3 is 0 Å². The molecule has 0 saturated carbocycles. The van der Waals surface area contributed by atoms with Crippen LogP contribution in [0, 0.1) is 13.8 Å². The second kappa shape index (κ2) is 8.12. The van der Waals surface area contributed by atoms with Gasteiger partial charge in [-0.1, -0.05) is 19.4 Å². The fraction of sp³-hybridized carbons (Fsp3) is 0.611. The molecule has 1 fully saturated rings. The lowest BCUT2D eigenvalue weighted by Gasteiger charge is -2.22. The molecule has 1 aliphatic rings. The predicted octanol–water partition coefficient (Wildman–Crippen LogP) is 2.58. The molecule has 1 aromatic rings. The number of rotatable bonds is 5. The molecule has 0 N–H and O–H groups in total. The minimum absolute atomic E-state index is 0.00842. The van der Waals surface area contributed by atoms with Gasteiger partial charge in [-0.3, -0.25) is 4.79 Å². The molecule has 6 heteroatoms. The molecule has 1 amide bonds. The summed E-state index contributed by atoms with van der Waals surface area (Å²) in [6.07, 6.45) is 2.23. The third kappa shape index (κ3) is 4.57. The number of hydrogen-bond acceptors (Lipinski definition) is 3. The zero-order chi connectivity index (χ0) is 17.7. The Hall–Kier alpha value is -1.40. The number of aryl methyl sites for hydroxylation is 2. The molecule has 0 unspecified atom stereocenters. The maximum Gasteiger partial charge on any atom is 0.253 e. The van der Waals surface area contributed by atoms with Crippen LogP contribution in [-0.2, 0) is 10.0 Å². The third-order valence-corrected chi connectivity index (χ3v) is 6.60. The molecule has 1 aliphatic heterocycles. The van der Waals surface area contributed by atoms with Crippen molar-refractivity contribution >= 4 is 15.9 Å². The van der Waals surface area contributed by atoms with Crippen LogP contribution in [0.5, 0.6) is 0 Å². The molecule has 5 nitrogen and oxygen atoms in total. The normalized spacial score (nSPS) is 16.9. The van der Waals surface area contributed by atoms with E-state index in [1.807, 2.05) is 39.0 Å². The Morgan fingerprint density at radius 2 is 1.83 bits per heavy atom. The number of carbonyl (C=O) groups is 1. The van der Waals surface area contributed by atoms with Crippen LogP contribution in [0.3, 0.4) is 0 Å². The lowest BCUT2D eigenvalue weighted by molar-refractivity contribution is 0.0764. The highest BCUT2D eigenvalue weighted by Gasteiger charge is 2.26. The van der Waals surface area contributed by atoms with Crippen molar-refractivity contribution < 1.29 is 13.2 Å². The number of benzene rings is 1. The molecule has 24 heavy (non-hydrogen) atoms. The summed E-state index contributed by atoms with van der Waals surface area (Å²) < 4.78 is 26.2. The number of hydrogen-bond donors (Lipinski definition) is 0. The zero-order valence-corrected chi connectivity index (χ0v) is 15.7. The Kier molecular flexibility index (Phi) is 6.40. The van der Waals surface area contributed by atoms with Gasteiger partial charge in [0.25, 0.3) is 5.91 Å². The van der Waals surface area contributed by atoms with E-state index in [1.54, 1.807) is 9.21 Å². The third-order valence-electron chi connectivity index (χ3n) is 4.65. The summed E-state index contributed by atoms with van der Waals surface area (Å²) in [5.74, 6) is 0.195. The average molecular weight is 353 g/mol. The quantitative estimate of drug-likeness (QED) is 0.818. The van der Waals surface area contributed by atoms with E-state index in [0.717, 1.165) is 17.5 Å². The minimum atomic E-state index is -3.20. The van der Waals surface area contributed by atoms with Gasteiger partial charge in [0.2, 0.25) is 10.0 Å². The molecule has 1 heterocycles. The first-order valence-electron chi connectivity index (χ1n) is 8.69. The van der Waals surface area contributed by atoms with Crippen LogP contribution in [0.25, 0.3) is 0 Å². The summed E-state index contributed by atoms with van der Waals surface area (Å²) in [5, 5.41) is 0. The largest absolute Gasteiger partial charge is 0.337 e. The molecular weight excluding hydrogens is 324 g/mol. The molecule has 0 aliphatic carbocycles. The van der Waals surface area contributed by atoms with Crippen LogP contribution >= 0.6 is 0 Å². The summed E-state index contributed by atoms with van der Waals surface area (Å²) in [5.41, 5.74) is 2.94. The van der Waals surface area contributed by atoms with E-state index < -0.39 is 10.0 Å². The highest BCUT2D eigenvalue weighted by molar-refractivity contribution is 7.89. The Labute approximate surface area is 145 Å². The molecule has 134 valence electrons. The monoisotopic (exact) mass is 352 g/mol. The number of sulfonamides is 1. The van der Waals surface area contributed by atoms with Gasteiger partial charge in [-0.25, -0.2) is 12.7 Å². The van der Waals surface area contributed by atoms with Crippen molar-refractivity contribution in [2.75, 3.05) is 31.9 Å². The molecule has 0 radical (unpaired) electrons. The van der Waals surface area contributed by atoms with Gasteiger partial charge < -0.3 is 4.90 Å². The molecule has 0 spiro atoms. The SMILES string of the molecule is CCCCS(=O)(=O)N1CCCN(C(=O)c2ccc(C)c(C)c2)CC1. The summed E-state index contributed by atoms with van der Waals surface area (Å²) in [6, 6.07) is 5.73. The van der Waals surface area contributed by atoms with E-state index in [2.05, 4.69) is 0 Å². The van der Waals surface area contributed by atoms with Crippen LogP contribution in [0.2, 0.25) is 0 Å². The van der Waals surface area contributed by atoms with Gasteiger partial charge in [0.15, 0.2) is 0 Å². The molecule has 1 aromatic carbocycles. The number of carbonyl (C=O) groups excluding carboxylic acids is 1. The molecule has 0 bridgehead atoms. The van der Waals surface area contributed by atoms with Gasteiger partial charge in [-0.15, -0.1) is 0 Å². The fourth-order valence-electron chi connectivity index (χ4n) is 2.89. The van der Waals surface area contributed by atoms with Crippen molar-refractivity contribution in [3.05, 3.63) is 34.9 Å². The van der Waals surface area contributed by atoms with Crippen molar-refractivity contribution in [3.8, 4) is 0 Å². The smallest absolute Gasteiger partial charge is 0.253 e. The van der Waals surface area contributed by atoms with Crippen molar-refractivity contribution in [2.24, 2.45) is 0 Å². The first-order chi connectivity index (χ1) is 11.3. The lowest BCUT2D eigenvalue weighted by atomic mass is 10.1. The second-order valence-corrected chi connectivity index (χ2v) is 8.60. The molecule has 1 saturated heterocycles. The van der Waals surface area contributed by atoms with E-state index in [4.69, 9.17) is 0 Å². The van der Waals surface area contributed by atoms with E-state index in [0.29, 0.717) is 44.6 Å². The molecule has 2 rings (SSSR count). The first-order valence-corrected chi connectivity index (χ1v) is 10.3. The van der Waals surface area contributed by atoms with Gasteiger partial charge in [-0.05, 0) is 49.9 Å². The summed E-state index contributed by atoms with van der Waals surface area (Å²) in [6.45, 7) is 7.96. The fourth-order valence-corrected chi connectivity index (χ4v) is 4.57. The summed E-state index contributed by atoms with van der Waals surface area (Å²) in [7, 11) is -3.20. The van der Waals surface area contributed by atoms with Crippen LogP contribution in [0.1, 0.15) is 47.7 Å². The summed E-state index contributed by atoms with van der Waals surface area (Å²) in [4.78, 5) is 14.5. The highest BCUT2D eigenvalue weighted by atomic mass is 32.2. The molecular formula is C18H28N2O3S. The molecule has 0 aromatic heterocycles. The van der Waals surface area contributed by atoms with Crippen LogP contribution < -0.4 is 0 Å². The van der Waals surface area contributed by atoms with Crippen LogP contribution in [0.4, 0.5) is 0 Å². The Balaban J connectivity index is 2.04. The zero-order valence-electron chi connectivity index (χ0n) is 14.9. The van der Waals surface area contributed by atoms with E-state index in [-0.39, 0.29) is 11.7 Å². The maximum atomic E-state index is 12.7. The number of nitrogens with zero attached hydrogens (tertiary/aromatic N) is 2. The average Bonchev–Trinajstić information content (AvgIpc) is 2.81. The Morgan fingerprint density at radius 1 is 1.08 bits per heavy atom. The number of unbranched alkanes of at least 4 members (excludes halogenated alkanes) is 1. The van der Waals surface area contributed by atoms with Gasteiger partial charge in [-0.2, -0.15) is 0 Å². The van der Waals surface area contributed by atoms with Gasteiger partial charge in [0.05, 0.1) is 5.75 Å². The maximum absolute atomic E-state index is 12.7. The van der Waals surface area contributed by atoms with Crippen LogP contribution in [-0.4, -0.2) is 55.5 Å². The van der Waals surface area contributed by atoms with Gasteiger partial charge in [0, 0.05) is 31.7 Å². The van der Waals surface area contributed by atoms with Crippen molar-refractivity contribution in [3.63, 3.8) is 0 Å². The Morgan fingerprint density at radius 3 is 2.50 bits per heavy atom. The second-order valence-electron chi connectivity index (χ2n) is 6.51. The standard InChI is InChI=1S/C18H28N2O3S/c1-4-5-13-24(22,23)20-10-6-9-19(11-12-20)18(21)17-8-7-15(2)16(3)14-17/h7-8,14H,4-6,9-13H2,1-3H3.